The Balaban J connectivity index is 2.23. The molecule has 1 atom stereocenters. The van der Waals surface area contributed by atoms with Crippen LogP contribution in [0.2, 0.25) is 5.02 Å². The fraction of sp³-hybridized carbons (Fsp3) is 0.214. The van der Waals surface area contributed by atoms with Crippen LogP contribution in [0, 0.1) is 5.82 Å². The molecule has 1 aromatic carbocycles. The summed E-state index contributed by atoms with van der Waals surface area (Å²) in [6, 6.07) is 10.1. The minimum atomic E-state index is -0.227. The minimum absolute atomic E-state index is 0.0273. The number of aromatic nitrogens is 1. The third-order valence-electron chi connectivity index (χ3n) is 2.79. The summed E-state index contributed by atoms with van der Waals surface area (Å²) in [5, 5.41) is 3.78. The van der Waals surface area contributed by atoms with Gasteiger partial charge in [-0.25, -0.2) is 4.39 Å². The molecule has 2 rings (SSSR count). The molecule has 0 aliphatic heterocycles. The average molecular weight is 265 g/mol. The zero-order valence-corrected chi connectivity index (χ0v) is 10.8. The van der Waals surface area contributed by atoms with E-state index >= 15 is 0 Å². The molecule has 18 heavy (non-hydrogen) atoms. The molecule has 0 radical (unpaired) electrons. The molecular weight excluding hydrogens is 251 g/mol. The van der Waals surface area contributed by atoms with Crippen LogP contribution >= 0.6 is 11.6 Å². The Morgan fingerprint density at radius 1 is 1.33 bits per heavy atom. The predicted molar refractivity (Wildman–Crippen MR) is 71.2 cm³/mol. The quantitative estimate of drug-likeness (QED) is 0.916. The van der Waals surface area contributed by atoms with Crippen molar-refractivity contribution in [1.29, 1.82) is 0 Å². The predicted octanol–water partition coefficient (Wildman–Crippen LogP) is 3.38. The maximum absolute atomic E-state index is 13.1. The van der Waals surface area contributed by atoms with Crippen molar-refractivity contribution in [3.05, 3.63) is 64.7 Å². The second kappa shape index (κ2) is 5.94. The summed E-state index contributed by atoms with van der Waals surface area (Å²) in [5.74, 6) is -0.227. The summed E-state index contributed by atoms with van der Waals surface area (Å²) in [5.41, 5.74) is 1.70. The van der Waals surface area contributed by atoms with Gasteiger partial charge in [-0.05, 0) is 43.3 Å². The number of rotatable bonds is 4. The van der Waals surface area contributed by atoms with Crippen LogP contribution in [-0.2, 0) is 6.42 Å². The number of hydrogen-bond donors (Lipinski definition) is 1. The zero-order valence-electron chi connectivity index (χ0n) is 10.0. The Labute approximate surface area is 111 Å². The van der Waals surface area contributed by atoms with E-state index in [1.165, 1.54) is 12.1 Å². The van der Waals surface area contributed by atoms with Gasteiger partial charge in [-0.2, -0.15) is 0 Å². The van der Waals surface area contributed by atoms with Crippen molar-refractivity contribution < 1.29 is 4.39 Å². The van der Waals surface area contributed by atoms with E-state index in [0.29, 0.717) is 11.4 Å². The average Bonchev–Trinajstić information content (AvgIpc) is 2.37. The smallest absolute Gasteiger partial charge is 0.123 e. The van der Waals surface area contributed by atoms with Gasteiger partial charge in [-0.3, -0.25) is 4.98 Å². The van der Waals surface area contributed by atoms with Crippen LogP contribution in [0.1, 0.15) is 17.3 Å². The number of halogens is 2. The lowest BCUT2D eigenvalue weighted by Gasteiger charge is -2.16. The Kier molecular flexibility index (Phi) is 4.28. The first-order valence-electron chi connectivity index (χ1n) is 5.73. The molecule has 94 valence electrons. The first-order valence-corrected chi connectivity index (χ1v) is 6.10. The van der Waals surface area contributed by atoms with Gasteiger partial charge in [0.1, 0.15) is 5.82 Å². The number of nitrogens with zero attached hydrogens (tertiary/aromatic N) is 1. The van der Waals surface area contributed by atoms with E-state index in [-0.39, 0.29) is 11.9 Å². The van der Waals surface area contributed by atoms with Gasteiger partial charge >= 0.3 is 0 Å². The normalized spacial score (nSPS) is 12.4. The maximum atomic E-state index is 13.1. The number of benzene rings is 1. The lowest BCUT2D eigenvalue weighted by Crippen LogP contribution is -2.20. The van der Waals surface area contributed by atoms with E-state index < -0.39 is 0 Å². The molecule has 2 aromatic rings. The van der Waals surface area contributed by atoms with Crippen molar-refractivity contribution >= 4 is 11.6 Å². The highest BCUT2D eigenvalue weighted by molar-refractivity contribution is 6.31. The Bertz CT molecular complexity index is 531. The molecule has 1 aromatic heterocycles. The lowest BCUT2D eigenvalue weighted by atomic mass is 10.0. The Hall–Kier alpha value is -1.45. The van der Waals surface area contributed by atoms with Crippen LogP contribution in [0.15, 0.2) is 42.6 Å². The van der Waals surface area contributed by atoms with Gasteiger partial charge in [0.25, 0.3) is 0 Å². The van der Waals surface area contributed by atoms with Crippen LogP contribution in [-0.4, -0.2) is 12.0 Å². The third kappa shape index (κ3) is 3.06. The highest BCUT2D eigenvalue weighted by Gasteiger charge is 2.14. The Morgan fingerprint density at radius 3 is 2.83 bits per heavy atom. The fourth-order valence-corrected chi connectivity index (χ4v) is 2.14. The second-order valence-corrected chi connectivity index (χ2v) is 4.45. The molecule has 1 unspecified atom stereocenters. The first kappa shape index (κ1) is 13.0. The molecule has 0 saturated carbocycles. The van der Waals surface area contributed by atoms with Crippen LogP contribution in [0.25, 0.3) is 0 Å². The highest BCUT2D eigenvalue weighted by Crippen LogP contribution is 2.23. The molecule has 0 spiro atoms. The molecule has 0 aliphatic carbocycles. The number of hydrogen-bond acceptors (Lipinski definition) is 2. The summed E-state index contributed by atoms with van der Waals surface area (Å²) < 4.78 is 13.1. The molecule has 0 fully saturated rings. The lowest BCUT2D eigenvalue weighted by molar-refractivity contribution is 0.570. The molecule has 0 bridgehead atoms. The largest absolute Gasteiger partial charge is 0.311 e. The van der Waals surface area contributed by atoms with E-state index in [2.05, 4.69) is 10.3 Å². The molecule has 0 saturated heterocycles. The van der Waals surface area contributed by atoms with Gasteiger partial charge in [0.2, 0.25) is 0 Å². The van der Waals surface area contributed by atoms with E-state index in [4.69, 9.17) is 11.6 Å². The first-order chi connectivity index (χ1) is 8.70. The van der Waals surface area contributed by atoms with E-state index in [1.54, 1.807) is 24.4 Å². The van der Waals surface area contributed by atoms with Crippen molar-refractivity contribution in [3.8, 4) is 0 Å². The topological polar surface area (TPSA) is 24.9 Å². The van der Waals surface area contributed by atoms with Gasteiger partial charge < -0.3 is 5.32 Å². The monoisotopic (exact) mass is 264 g/mol. The molecule has 1 N–H and O–H groups in total. The summed E-state index contributed by atoms with van der Waals surface area (Å²) >= 11 is 6.12. The molecular formula is C14H14ClFN2. The van der Waals surface area contributed by atoms with E-state index in [1.807, 2.05) is 13.1 Å². The molecule has 0 amide bonds. The second-order valence-electron chi connectivity index (χ2n) is 4.05. The minimum Gasteiger partial charge on any atom is -0.311 e. The van der Waals surface area contributed by atoms with Crippen LogP contribution in [0.5, 0.6) is 0 Å². The van der Waals surface area contributed by atoms with Crippen molar-refractivity contribution in [2.45, 2.75) is 12.5 Å². The summed E-state index contributed by atoms with van der Waals surface area (Å²) in [6.07, 6.45) is 2.35. The Morgan fingerprint density at radius 2 is 2.17 bits per heavy atom. The standard InChI is InChI=1S/C14H14ClFN2/c1-17-13(14-12(15)6-3-7-18-14)9-10-4-2-5-11(16)8-10/h2-8,13,17H,9H2,1H3. The SMILES string of the molecule is CNC(Cc1cccc(F)c1)c1ncccc1Cl. The third-order valence-corrected chi connectivity index (χ3v) is 3.11. The van der Waals surface area contributed by atoms with Crippen molar-refractivity contribution in [1.82, 2.24) is 10.3 Å². The zero-order chi connectivity index (χ0) is 13.0. The highest BCUT2D eigenvalue weighted by atomic mass is 35.5. The fourth-order valence-electron chi connectivity index (χ4n) is 1.89. The molecule has 2 nitrogen and oxygen atoms in total. The van der Waals surface area contributed by atoms with Gasteiger partial charge in [0, 0.05) is 6.20 Å². The summed E-state index contributed by atoms with van der Waals surface area (Å²) in [6.45, 7) is 0. The van der Waals surface area contributed by atoms with Crippen molar-refractivity contribution in [2.75, 3.05) is 7.05 Å². The van der Waals surface area contributed by atoms with Gasteiger partial charge in [0.05, 0.1) is 16.8 Å². The number of nitrogens with one attached hydrogen (secondary N) is 1. The van der Waals surface area contributed by atoms with Crippen molar-refractivity contribution in [2.24, 2.45) is 0 Å². The summed E-state index contributed by atoms with van der Waals surface area (Å²) in [7, 11) is 1.84. The van der Waals surface area contributed by atoms with Crippen LogP contribution in [0.4, 0.5) is 4.39 Å². The maximum Gasteiger partial charge on any atom is 0.123 e. The van der Waals surface area contributed by atoms with Gasteiger partial charge in [0.15, 0.2) is 0 Å². The number of pyridine rings is 1. The van der Waals surface area contributed by atoms with Gasteiger partial charge in [-0.1, -0.05) is 23.7 Å². The van der Waals surface area contributed by atoms with Gasteiger partial charge in [-0.15, -0.1) is 0 Å². The van der Waals surface area contributed by atoms with Crippen LogP contribution < -0.4 is 5.32 Å². The molecule has 1 heterocycles. The van der Waals surface area contributed by atoms with E-state index in [0.717, 1.165) is 11.3 Å². The van der Waals surface area contributed by atoms with Crippen molar-refractivity contribution in [3.63, 3.8) is 0 Å². The summed E-state index contributed by atoms with van der Waals surface area (Å²) in [4.78, 5) is 4.28. The molecule has 4 heteroatoms. The van der Waals surface area contributed by atoms with E-state index in [9.17, 15) is 4.39 Å². The van der Waals surface area contributed by atoms with Crippen LogP contribution in [0.3, 0.4) is 0 Å². The molecule has 0 aliphatic rings. The number of likely N-dealkylation sites (N-methyl/N-ethyl adjacent to an activating group) is 1.